The first-order valence-corrected chi connectivity index (χ1v) is 15.3. The summed E-state index contributed by atoms with van der Waals surface area (Å²) in [5.74, 6) is -6.34. The van der Waals surface area contributed by atoms with E-state index in [9.17, 15) is 23.9 Å². The molecule has 0 bridgehead atoms. The molecular weight excluding hydrogens is 588 g/mol. The molecule has 0 spiro atoms. The van der Waals surface area contributed by atoms with Gasteiger partial charge >= 0.3 is 5.97 Å². The fourth-order valence-corrected chi connectivity index (χ4v) is 6.25. The molecule has 1 heterocycles. The van der Waals surface area contributed by atoms with E-state index in [1.807, 2.05) is 13.8 Å². The van der Waals surface area contributed by atoms with E-state index in [1.165, 1.54) is 10.6 Å². The molecule has 1 aromatic heterocycles. The Balaban J connectivity index is 1.75. The van der Waals surface area contributed by atoms with Crippen molar-refractivity contribution in [3.8, 4) is 11.1 Å². The van der Waals surface area contributed by atoms with E-state index < -0.39 is 65.1 Å². The Labute approximate surface area is 260 Å². The van der Waals surface area contributed by atoms with Crippen LogP contribution >= 0.6 is 0 Å². The van der Waals surface area contributed by atoms with Crippen LogP contribution < -0.4 is 10.9 Å². The van der Waals surface area contributed by atoms with E-state index in [0.717, 1.165) is 23.6 Å². The number of pyridine rings is 1. The molecule has 242 valence electrons. The minimum Gasteiger partial charge on any atom is -0.481 e. The number of aryl methyl sites for hydroxylation is 4. The van der Waals surface area contributed by atoms with E-state index in [0.29, 0.717) is 36.0 Å². The van der Waals surface area contributed by atoms with Gasteiger partial charge in [-0.15, -0.1) is 0 Å². The fraction of sp³-hybridized carbons (Fsp3) is 0.457. The average molecular weight is 629 g/mol. The van der Waals surface area contributed by atoms with Crippen LogP contribution in [-0.2, 0) is 16.0 Å². The maximum absolute atomic E-state index is 16.2. The number of hydrogen-bond acceptors (Lipinski definition) is 3. The second kappa shape index (κ2) is 14.0. The van der Waals surface area contributed by atoms with Gasteiger partial charge in [0.25, 0.3) is 5.56 Å². The van der Waals surface area contributed by atoms with Crippen LogP contribution in [-0.4, -0.2) is 27.7 Å². The van der Waals surface area contributed by atoms with Crippen LogP contribution in [0.3, 0.4) is 0 Å². The molecule has 1 amide bonds. The number of carbonyl (C=O) groups excluding carboxylic acids is 1. The monoisotopic (exact) mass is 628 g/mol. The summed E-state index contributed by atoms with van der Waals surface area (Å²) < 4.78 is 61.2. The summed E-state index contributed by atoms with van der Waals surface area (Å²) in [6, 6.07) is 4.32. The van der Waals surface area contributed by atoms with Gasteiger partial charge in [0.05, 0.1) is 18.0 Å². The molecule has 6 nitrogen and oxygen atoms in total. The standard InChI is InChI=1S/C35H40F4N2O4/c1-18(2)11-28(41-17-23(21(5)12-29(41)42)10-9-22-13-24(36)14-22)35(45)40-27(16-30(43)44)32-33(38)25(15-26(37)34(32)39)31-19(3)7-6-8-20(31)4/h6-8,12,15,17-18,22,24,27-28H,9-11,13-14,16H2,1-5H3,(H,40,45)(H,43,44)/t22?,24?,27-,28-/m0/s1. The van der Waals surface area contributed by atoms with Crippen LogP contribution in [0.5, 0.6) is 0 Å². The summed E-state index contributed by atoms with van der Waals surface area (Å²) in [7, 11) is 0. The third kappa shape index (κ3) is 7.65. The highest BCUT2D eigenvalue weighted by atomic mass is 19.2. The molecule has 10 heteroatoms. The maximum atomic E-state index is 16.2. The van der Waals surface area contributed by atoms with Crippen molar-refractivity contribution in [1.29, 1.82) is 0 Å². The number of aromatic nitrogens is 1. The van der Waals surface area contributed by atoms with E-state index in [-0.39, 0.29) is 23.8 Å². The molecule has 1 saturated carbocycles. The minimum atomic E-state index is -1.78. The number of benzene rings is 2. The predicted molar refractivity (Wildman–Crippen MR) is 164 cm³/mol. The number of nitrogens with zero attached hydrogens (tertiary/aromatic N) is 1. The molecular formula is C35H40F4N2O4. The van der Waals surface area contributed by atoms with Crippen molar-refractivity contribution >= 4 is 11.9 Å². The number of alkyl halides is 1. The minimum absolute atomic E-state index is 0.106. The summed E-state index contributed by atoms with van der Waals surface area (Å²) in [5.41, 5.74) is 1.42. The fourth-order valence-electron chi connectivity index (χ4n) is 6.25. The molecule has 3 aromatic rings. The molecule has 0 unspecified atom stereocenters. The first-order chi connectivity index (χ1) is 21.2. The maximum Gasteiger partial charge on any atom is 0.305 e. The highest BCUT2D eigenvalue weighted by Gasteiger charge is 2.33. The Morgan fingerprint density at radius 3 is 2.24 bits per heavy atom. The van der Waals surface area contributed by atoms with Gasteiger partial charge in [-0.2, -0.15) is 0 Å². The third-order valence-corrected chi connectivity index (χ3v) is 8.71. The van der Waals surface area contributed by atoms with Crippen molar-refractivity contribution in [2.45, 2.75) is 91.4 Å². The van der Waals surface area contributed by atoms with Gasteiger partial charge in [-0.3, -0.25) is 14.4 Å². The lowest BCUT2D eigenvalue weighted by atomic mass is 9.79. The van der Waals surface area contributed by atoms with Crippen LogP contribution in [0.4, 0.5) is 17.6 Å². The first-order valence-electron chi connectivity index (χ1n) is 15.3. The van der Waals surface area contributed by atoms with Gasteiger partial charge in [0.1, 0.15) is 18.0 Å². The van der Waals surface area contributed by atoms with E-state index in [4.69, 9.17) is 0 Å². The Kier molecular flexibility index (Phi) is 10.6. The number of nitrogens with one attached hydrogen (secondary N) is 1. The van der Waals surface area contributed by atoms with Crippen molar-refractivity contribution < 1.29 is 32.3 Å². The average Bonchev–Trinajstić information content (AvgIpc) is 2.92. The third-order valence-electron chi connectivity index (χ3n) is 8.71. The van der Waals surface area contributed by atoms with Gasteiger partial charge < -0.3 is 15.0 Å². The van der Waals surface area contributed by atoms with Crippen LogP contribution in [0.15, 0.2) is 41.3 Å². The smallest absolute Gasteiger partial charge is 0.305 e. The van der Waals surface area contributed by atoms with Gasteiger partial charge in [0.2, 0.25) is 5.91 Å². The van der Waals surface area contributed by atoms with Gasteiger partial charge in [0, 0.05) is 17.8 Å². The van der Waals surface area contributed by atoms with E-state index in [1.54, 1.807) is 45.2 Å². The predicted octanol–water partition coefficient (Wildman–Crippen LogP) is 7.46. The van der Waals surface area contributed by atoms with Crippen molar-refractivity contribution in [2.24, 2.45) is 11.8 Å². The largest absolute Gasteiger partial charge is 0.481 e. The lowest BCUT2D eigenvalue weighted by Crippen LogP contribution is -2.41. The zero-order chi connectivity index (χ0) is 33.2. The summed E-state index contributed by atoms with van der Waals surface area (Å²) in [6.45, 7) is 8.83. The number of aliphatic carboxylic acids is 1. The number of carbonyl (C=O) groups is 2. The van der Waals surface area contributed by atoms with Gasteiger partial charge in [-0.1, -0.05) is 32.0 Å². The second-order valence-corrected chi connectivity index (χ2v) is 12.7. The van der Waals surface area contributed by atoms with Crippen LogP contribution in [0.2, 0.25) is 0 Å². The normalized spacial score (nSPS) is 17.6. The van der Waals surface area contributed by atoms with Crippen LogP contribution in [0.1, 0.15) is 85.9 Å². The summed E-state index contributed by atoms with van der Waals surface area (Å²) in [6.07, 6.45) is 2.32. The highest BCUT2D eigenvalue weighted by Crippen LogP contribution is 2.37. The number of halogens is 4. The van der Waals surface area contributed by atoms with Gasteiger partial charge in [-0.25, -0.2) is 17.6 Å². The topological polar surface area (TPSA) is 88.4 Å². The Bertz CT molecular complexity index is 1630. The number of carboxylic acid groups (broad SMARTS) is 1. The van der Waals surface area contributed by atoms with Crippen molar-refractivity contribution in [3.05, 3.63) is 92.2 Å². The molecule has 1 aliphatic carbocycles. The Morgan fingerprint density at radius 2 is 1.67 bits per heavy atom. The zero-order valence-electron chi connectivity index (χ0n) is 26.2. The SMILES string of the molecule is Cc1cc(=O)n([C@@H](CC(C)C)C(=O)N[C@@H](CC(=O)O)c2c(F)c(F)cc(-c3c(C)cccc3C)c2F)cc1CCC1CC(F)C1. The number of carboxylic acids is 1. The number of hydrogen-bond donors (Lipinski definition) is 2. The molecule has 0 saturated heterocycles. The Hall–Kier alpha value is -3.95. The zero-order valence-corrected chi connectivity index (χ0v) is 26.2. The highest BCUT2D eigenvalue weighted by molar-refractivity contribution is 5.82. The first kappa shape index (κ1) is 33.9. The summed E-state index contributed by atoms with van der Waals surface area (Å²) >= 11 is 0. The van der Waals surface area contributed by atoms with E-state index in [2.05, 4.69) is 5.32 Å². The molecule has 45 heavy (non-hydrogen) atoms. The van der Waals surface area contributed by atoms with Crippen molar-refractivity contribution in [1.82, 2.24) is 9.88 Å². The second-order valence-electron chi connectivity index (χ2n) is 12.7. The van der Waals surface area contributed by atoms with Crippen LogP contribution in [0, 0.1) is 50.1 Å². The van der Waals surface area contributed by atoms with Gasteiger partial charge in [0.15, 0.2) is 11.6 Å². The van der Waals surface area contributed by atoms with Gasteiger partial charge in [-0.05, 0) is 98.6 Å². The lowest BCUT2D eigenvalue weighted by Gasteiger charge is -2.30. The molecule has 1 fully saturated rings. The molecule has 4 rings (SSSR count). The summed E-state index contributed by atoms with van der Waals surface area (Å²) in [5, 5.41) is 12.1. The molecule has 2 atom stereocenters. The molecule has 2 N–H and O–H groups in total. The molecule has 0 aliphatic heterocycles. The van der Waals surface area contributed by atoms with Crippen molar-refractivity contribution in [2.75, 3.05) is 0 Å². The number of amides is 1. The number of rotatable bonds is 12. The van der Waals surface area contributed by atoms with E-state index >= 15 is 13.2 Å². The quantitative estimate of drug-likeness (QED) is 0.161. The Morgan fingerprint density at radius 1 is 1.02 bits per heavy atom. The van der Waals surface area contributed by atoms with Crippen LogP contribution in [0.25, 0.3) is 11.1 Å². The lowest BCUT2D eigenvalue weighted by molar-refractivity contribution is -0.138. The molecule has 0 radical (unpaired) electrons. The summed E-state index contributed by atoms with van der Waals surface area (Å²) in [4.78, 5) is 39.0. The van der Waals surface area contributed by atoms with Crippen molar-refractivity contribution in [3.63, 3.8) is 0 Å². The molecule has 1 aliphatic rings. The molecule has 2 aromatic carbocycles.